The lowest BCUT2D eigenvalue weighted by Gasteiger charge is -2.16. The van der Waals surface area contributed by atoms with Crippen LogP contribution in [0.5, 0.6) is 0 Å². The fourth-order valence-corrected chi connectivity index (χ4v) is 1.91. The van der Waals surface area contributed by atoms with E-state index in [0.29, 0.717) is 0 Å². The Bertz CT molecular complexity index is 287. The molecule has 0 unspecified atom stereocenters. The highest BCUT2D eigenvalue weighted by atomic mass is 15.1. The van der Waals surface area contributed by atoms with Crippen molar-refractivity contribution in [2.75, 3.05) is 33.2 Å². The second-order valence-corrected chi connectivity index (χ2v) is 4.87. The van der Waals surface area contributed by atoms with Crippen LogP contribution >= 0.6 is 0 Å². The third-order valence-electron chi connectivity index (χ3n) is 3.10. The van der Waals surface area contributed by atoms with Gasteiger partial charge in [-0.05, 0) is 70.1 Å². The van der Waals surface area contributed by atoms with E-state index < -0.39 is 0 Å². The molecule has 0 aliphatic carbocycles. The average molecular weight is 249 g/mol. The summed E-state index contributed by atoms with van der Waals surface area (Å²) in [7, 11) is 2.21. The van der Waals surface area contributed by atoms with Crippen LogP contribution in [0.25, 0.3) is 0 Å². The van der Waals surface area contributed by atoms with Gasteiger partial charge in [0, 0.05) is 18.9 Å². The second kappa shape index (κ2) is 10.0. The lowest BCUT2D eigenvalue weighted by Crippen LogP contribution is -2.24. The van der Waals surface area contributed by atoms with E-state index in [0.717, 1.165) is 26.1 Å². The average Bonchev–Trinajstić information content (AvgIpc) is 2.41. The Balaban J connectivity index is 1.99. The first kappa shape index (κ1) is 15.1. The minimum Gasteiger partial charge on any atom is -0.317 e. The molecule has 1 aromatic heterocycles. The van der Waals surface area contributed by atoms with Crippen LogP contribution in [0.3, 0.4) is 0 Å². The molecule has 102 valence electrons. The van der Waals surface area contributed by atoms with Crippen molar-refractivity contribution in [3.8, 4) is 0 Å². The van der Waals surface area contributed by atoms with Crippen LogP contribution in [0, 0.1) is 0 Å². The zero-order valence-electron chi connectivity index (χ0n) is 11.9. The maximum atomic E-state index is 4.04. The molecule has 0 aliphatic heterocycles. The Labute approximate surface area is 112 Å². The highest BCUT2D eigenvalue weighted by Gasteiger charge is 1.99. The van der Waals surface area contributed by atoms with Gasteiger partial charge in [-0.1, -0.05) is 6.92 Å². The van der Waals surface area contributed by atoms with Gasteiger partial charge in [-0.15, -0.1) is 0 Å². The van der Waals surface area contributed by atoms with E-state index in [4.69, 9.17) is 0 Å². The molecule has 0 saturated carbocycles. The Morgan fingerprint density at radius 2 is 1.89 bits per heavy atom. The summed E-state index contributed by atoms with van der Waals surface area (Å²) in [5.74, 6) is 0. The first-order valence-electron chi connectivity index (χ1n) is 7.11. The topological polar surface area (TPSA) is 28.2 Å². The largest absolute Gasteiger partial charge is 0.317 e. The summed E-state index contributed by atoms with van der Waals surface area (Å²) in [4.78, 5) is 6.45. The summed E-state index contributed by atoms with van der Waals surface area (Å²) >= 11 is 0. The van der Waals surface area contributed by atoms with E-state index in [1.807, 2.05) is 12.4 Å². The maximum absolute atomic E-state index is 4.04. The van der Waals surface area contributed by atoms with Crippen LogP contribution in [0.1, 0.15) is 31.7 Å². The quantitative estimate of drug-likeness (QED) is 0.645. The van der Waals surface area contributed by atoms with Gasteiger partial charge >= 0.3 is 0 Å². The Morgan fingerprint density at radius 3 is 2.61 bits per heavy atom. The summed E-state index contributed by atoms with van der Waals surface area (Å²) in [6.45, 7) is 6.84. The summed E-state index contributed by atoms with van der Waals surface area (Å²) in [6.07, 6.45) is 8.64. The number of nitrogens with zero attached hydrogens (tertiary/aromatic N) is 2. The van der Waals surface area contributed by atoms with E-state index >= 15 is 0 Å². The fraction of sp³-hybridized carbons (Fsp3) is 0.667. The monoisotopic (exact) mass is 249 g/mol. The van der Waals surface area contributed by atoms with Crippen molar-refractivity contribution < 1.29 is 0 Å². The highest BCUT2D eigenvalue weighted by molar-refractivity contribution is 5.09. The Morgan fingerprint density at radius 1 is 1.11 bits per heavy atom. The molecule has 1 rings (SSSR count). The molecule has 0 radical (unpaired) electrons. The zero-order valence-corrected chi connectivity index (χ0v) is 11.9. The minimum absolute atomic E-state index is 1.12. The minimum atomic E-state index is 1.12. The van der Waals surface area contributed by atoms with Crippen molar-refractivity contribution in [3.63, 3.8) is 0 Å². The molecule has 3 heteroatoms. The first-order chi connectivity index (χ1) is 8.83. The van der Waals surface area contributed by atoms with Gasteiger partial charge in [0.05, 0.1) is 0 Å². The Kier molecular flexibility index (Phi) is 8.43. The summed E-state index contributed by atoms with van der Waals surface area (Å²) in [5, 5.41) is 3.44. The lowest BCUT2D eigenvalue weighted by atomic mass is 10.2. The van der Waals surface area contributed by atoms with E-state index in [-0.39, 0.29) is 0 Å². The van der Waals surface area contributed by atoms with Gasteiger partial charge in [-0.25, -0.2) is 0 Å². The molecule has 0 atom stereocenters. The number of likely N-dealkylation sites (N-methyl/N-ethyl adjacent to an activating group) is 1. The van der Waals surface area contributed by atoms with E-state index in [1.54, 1.807) is 0 Å². The maximum Gasteiger partial charge on any atom is 0.0270 e. The number of hydrogen-bond acceptors (Lipinski definition) is 3. The third-order valence-corrected chi connectivity index (χ3v) is 3.10. The van der Waals surface area contributed by atoms with E-state index in [2.05, 4.69) is 41.3 Å². The van der Waals surface area contributed by atoms with Crippen LogP contribution < -0.4 is 5.32 Å². The third kappa shape index (κ3) is 7.41. The molecule has 0 aliphatic rings. The molecule has 1 aromatic rings. The molecular formula is C15H27N3. The predicted molar refractivity (Wildman–Crippen MR) is 77.8 cm³/mol. The standard InChI is InChI=1S/C15H27N3/c1-3-9-16-10-4-5-13-18(2)14-8-15-6-11-17-12-7-15/h6-7,11-12,16H,3-5,8-10,13-14H2,1-2H3. The molecule has 1 N–H and O–H groups in total. The van der Waals surface area contributed by atoms with Crippen LogP contribution in [-0.2, 0) is 6.42 Å². The van der Waals surface area contributed by atoms with Crippen LogP contribution in [0.2, 0.25) is 0 Å². The van der Waals surface area contributed by atoms with Gasteiger partial charge in [-0.2, -0.15) is 0 Å². The lowest BCUT2D eigenvalue weighted by molar-refractivity contribution is 0.329. The van der Waals surface area contributed by atoms with Crippen LogP contribution in [0.4, 0.5) is 0 Å². The summed E-state index contributed by atoms with van der Waals surface area (Å²) in [5.41, 5.74) is 1.38. The van der Waals surface area contributed by atoms with Gasteiger partial charge in [0.1, 0.15) is 0 Å². The van der Waals surface area contributed by atoms with Crippen molar-refractivity contribution in [1.29, 1.82) is 0 Å². The molecule has 3 nitrogen and oxygen atoms in total. The van der Waals surface area contributed by atoms with Gasteiger partial charge in [0.2, 0.25) is 0 Å². The second-order valence-electron chi connectivity index (χ2n) is 4.87. The number of unbranched alkanes of at least 4 members (excludes halogenated alkanes) is 1. The van der Waals surface area contributed by atoms with Gasteiger partial charge in [-0.3, -0.25) is 4.98 Å². The number of hydrogen-bond donors (Lipinski definition) is 1. The normalized spacial score (nSPS) is 11.1. The predicted octanol–water partition coefficient (Wildman–Crippen LogP) is 2.34. The molecule has 0 fully saturated rings. The molecule has 0 amide bonds. The number of pyridine rings is 1. The molecule has 0 spiro atoms. The first-order valence-corrected chi connectivity index (χ1v) is 7.11. The summed E-state index contributed by atoms with van der Waals surface area (Å²) in [6, 6.07) is 4.20. The molecule has 0 aromatic carbocycles. The number of rotatable bonds is 10. The number of nitrogens with one attached hydrogen (secondary N) is 1. The number of aromatic nitrogens is 1. The Hall–Kier alpha value is -0.930. The molecule has 0 bridgehead atoms. The van der Waals surface area contributed by atoms with Crippen LogP contribution in [0.15, 0.2) is 24.5 Å². The van der Waals surface area contributed by atoms with Crippen molar-refractivity contribution >= 4 is 0 Å². The van der Waals surface area contributed by atoms with Crippen LogP contribution in [-0.4, -0.2) is 43.1 Å². The molecular weight excluding hydrogens is 222 g/mol. The van der Waals surface area contributed by atoms with Crippen molar-refractivity contribution in [1.82, 2.24) is 15.2 Å². The van der Waals surface area contributed by atoms with Crippen molar-refractivity contribution in [2.45, 2.75) is 32.6 Å². The van der Waals surface area contributed by atoms with Crippen molar-refractivity contribution in [3.05, 3.63) is 30.1 Å². The SMILES string of the molecule is CCCNCCCCN(C)CCc1ccncc1. The summed E-state index contributed by atoms with van der Waals surface area (Å²) < 4.78 is 0. The van der Waals surface area contributed by atoms with Gasteiger partial charge in [0.15, 0.2) is 0 Å². The van der Waals surface area contributed by atoms with E-state index in [9.17, 15) is 0 Å². The van der Waals surface area contributed by atoms with Crippen molar-refractivity contribution in [2.24, 2.45) is 0 Å². The van der Waals surface area contributed by atoms with E-state index in [1.165, 1.54) is 31.4 Å². The molecule has 1 heterocycles. The highest BCUT2D eigenvalue weighted by Crippen LogP contribution is 2.00. The fourth-order valence-electron chi connectivity index (χ4n) is 1.91. The van der Waals surface area contributed by atoms with Gasteiger partial charge in [0.25, 0.3) is 0 Å². The smallest absolute Gasteiger partial charge is 0.0270 e. The molecule has 0 saturated heterocycles. The zero-order chi connectivity index (χ0) is 13.1. The van der Waals surface area contributed by atoms with Gasteiger partial charge < -0.3 is 10.2 Å². The molecule has 18 heavy (non-hydrogen) atoms.